The standard InChI is InChI=1S/C16H22Cl2N2O/c17-14-8-7-12(10-15(14)18)4-3-6-16(21)20-9-2-1-5-13(20)11-19/h7-8,10,13H,1-6,9,11,19H2. The first-order chi connectivity index (χ1) is 10.1. The molecule has 1 aromatic rings. The van der Waals surface area contributed by atoms with Gasteiger partial charge < -0.3 is 10.6 Å². The van der Waals surface area contributed by atoms with Gasteiger partial charge in [-0.15, -0.1) is 0 Å². The Morgan fingerprint density at radius 3 is 2.81 bits per heavy atom. The van der Waals surface area contributed by atoms with Crippen molar-refractivity contribution in [2.24, 2.45) is 5.73 Å². The highest BCUT2D eigenvalue weighted by Crippen LogP contribution is 2.23. The highest BCUT2D eigenvalue weighted by atomic mass is 35.5. The molecule has 116 valence electrons. The summed E-state index contributed by atoms with van der Waals surface area (Å²) in [4.78, 5) is 14.3. The Kier molecular flexibility index (Phi) is 6.34. The Bertz CT molecular complexity index is 493. The summed E-state index contributed by atoms with van der Waals surface area (Å²) in [6.07, 6.45) is 5.53. The maximum Gasteiger partial charge on any atom is 0.222 e. The van der Waals surface area contributed by atoms with Crippen molar-refractivity contribution in [3.63, 3.8) is 0 Å². The van der Waals surface area contributed by atoms with Crippen LogP contribution in [-0.2, 0) is 11.2 Å². The van der Waals surface area contributed by atoms with Crippen molar-refractivity contribution in [1.29, 1.82) is 0 Å². The molecule has 0 radical (unpaired) electrons. The number of halogens is 2. The number of benzene rings is 1. The summed E-state index contributed by atoms with van der Waals surface area (Å²) in [6.45, 7) is 1.42. The van der Waals surface area contributed by atoms with Crippen LogP contribution in [0.5, 0.6) is 0 Å². The Morgan fingerprint density at radius 2 is 2.10 bits per heavy atom. The molecule has 2 rings (SSSR count). The first-order valence-corrected chi connectivity index (χ1v) is 8.31. The van der Waals surface area contributed by atoms with Gasteiger partial charge in [0.1, 0.15) is 0 Å². The lowest BCUT2D eigenvalue weighted by Crippen LogP contribution is -2.47. The molecule has 1 saturated heterocycles. The van der Waals surface area contributed by atoms with Gasteiger partial charge in [0.05, 0.1) is 10.0 Å². The Hall–Kier alpha value is -0.770. The van der Waals surface area contributed by atoms with Crippen molar-refractivity contribution >= 4 is 29.1 Å². The molecule has 0 spiro atoms. The predicted molar refractivity (Wildman–Crippen MR) is 87.8 cm³/mol. The molecule has 1 aromatic carbocycles. The summed E-state index contributed by atoms with van der Waals surface area (Å²) >= 11 is 11.9. The number of hydrogen-bond acceptors (Lipinski definition) is 2. The number of hydrogen-bond donors (Lipinski definition) is 1. The number of amides is 1. The van der Waals surface area contributed by atoms with E-state index >= 15 is 0 Å². The summed E-state index contributed by atoms with van der Waals surface area (Å²) in [5, 5.41) is 1.13. The normalized spacial score (nSPS) is 18.8. The van der Waals surface area contributed by atoms with Crippen LogP contribution < -0.4 is 5.73 Å². The molecule has 1 aliphatic heterocycles. The third kappa shape index (κ3) is 4.60. The number of likely N-dealkylation sites (tertiary alicyclic amines) is 1. The van der Waals surface area contributed by atoms with E-state index in [1.807, 2.05) is 17.0 Å². The highest BCUT2D eigenvalue weighted by Gasteiger charge is 2.24. The molecule has 1 unspecified atom stereocenters. The molecule has 1 atom stereocenters. The van der Waals surface area contributed by atoms with Crippen molar-refractivity contribution in [2.75, 3.05) is 13.1 Å². The first-order valence-electron chi connectivity index (χ1n) is 7.55. The third-order valence-electron chi connectivity index (χ3n) is 4.06. The molecule has 1 fully saturated rings. The molecule has 2 N–H and O–H groups in total. The van der Waals surface area contributed by atoms with Crippen LogP contribution in [0.1, 0.15) is 37.7 Å². The second kappa shape index (κ2) is 8.02. The van der Waals surface area contributed by atoms with Crippen molar-refractivity contribution in [3.05, 3.63) is 33.8 Å². The van der Waals surface area contributed by atoms with E-state index in [2.05, 4.69) is 0 Å². The Balaban J connectivity index is 1.82. The Labute approximate surface area is 136 Å². The average Bonchev–Trinajstić information content (AvgIpc) is 2.50. The van der Waals surface area contributed by atoms with Gasteiger partial charge in [-0.1, -0.05) is 29.3 Å². The van der Waals surface area contributed by atoms with Crippen molar-refractivity contribution < 1.29 is 4.79 Å². The fraction of sp³-hybridized carbons (Fsp3) is 0.562. The van der Waals surface area contributed by atoms with Gasteiger partial charge in [-0.25, -0.2) is 0 Å². The van der Waals surface area contributed by atoms with Crippen LogP contribution >= 0.6 is 23.2 Å². The van der Waals surface area contributed by atoms with Crippen LogP contribution in [-0.4, -0.2) is 29.9 Å². The molecule has 5 heteroatoms. The van der Waals surface area contributed by atoms with E-state index in [1.165, 1.54) is 6.42 Å². The monoisotopic (exact) mass is 328 g/mol. The summed E-state index contributed by atoms with van der Waals surface area (Å²) in [6, 6.07) is 5.87. The number of nitrogens with zero attached hydrogens (tertiary/aromatic N) is 1. The van der Waals surface area contributed by atoms with Crippen LogP contribution in [0, 0.1) is 0 Å². The third-order valence-corrected chi connectivity index (χ3v) is 4.80. The fourth-order valence-corrected chi connectivity index (χ4v) is 3.18. The van der Waals surface area contributed by atoms with E-state index in [9.17, 15) is 4.79 Å². The van der Waals surface area contributed by atoms with Gasteiger partial charge in [0.2, 0.25) is 5.91 Å². The fourth-order valence-electron chi connectivity index (χ4n) is 2.86. The van der Waals surface area contributed by atoms with Crippen molar-refractivity contribution in [1.82, 2.24) is 4.90 Å². The molecular formula is C16H22Cl2N2O. The maximum absolute atomic E-state index is 12.3. The number of piperidine rings is 1. The smallest absolute Gasteiger partial charge is 0.222 e. The van der Waals surface area contributed by atoms with E-state index in [4.69, 9.17) is 28.9 Å². The van der Waals surface area contributed by atoms with Gasteiger partial charge >= 0.3 is 0 Å². The topological polar surface area (TPSA) is 46.3 Å². The average molecular weight is 329 g/mol. The second-order valence-corrected chi connectivity index (χ2v) is 6.39. The van der Waals surface area contributed by atoms with E-state index in [-0.39, 0.29) is 11.9 Å². The van der Waals surface area contributed by atoms with Gasteiger partial charge in [-0.05, 0) is 49.8 Å². The molecule has 0 saturated carbocycles. The SMILES string of the molecule is NCC1CCCCN1C(=O)CCCc1ccc(Cl)c(Cl)c1. The molecular weight excluding hydrogens is 307 g/mol. The van der Waals surface area contributed by atoms with Crippen LogP contribution in [0.25, 0.3) is 0 Å². The minimum absolute atomic E-state index is 0.227. The minimum atomic E-state index is 0.227. The minimum Gasteiger partial charge on any atom is -0.338 e. The van der Waals surface area contributed by atoms with E-state index in [0.29, 0.717) is 23.0 Å². The molecule has 1 heterocycles. The number of rotatable bonds is 5. The highest BCUT2D eigenvalue weighted by molar-refractivity contribution is 6.42. The summed E-state index contributed by atoms with van der Waals surface area (Å²) < 4.78 is 0. The zero-order chi connectivity index (χ0) is 15.2. The molecule has 0 aliphatic carbocycles. The number of aryl methyl sites for hydroxylation is 1. The van der Waals surface area contributed by atoms with Gasteiger partial charge in [0.25, 0.3) is 0 Å². The summed E-state index contributed by atoms with van der Waals surface area (Å²) in [7, 11) is 0. The van der Waals surface area contributed by atoms with Gasteiger partial charge in [0, 0.05) is 25.6 Å². The summed E-state index contributed by atoms with van der Waals surface area (Å²) in [5.74, 6) is 0.227. The van der Waals surface area contributed by atoms with Crippen molar-refractivity contribution in [3.8, 4) is 0 Å². The lowest BCUT2D eigenvalue weighted by atomic mass is 10.0. The second-order valence-electron chi connectivity index (χ2n) is 5.57. The van der Waals surface area contributed by atoms with Crippen LogP contribution in [0.2, 0.25) is 10.0 Å². The first kappa shape index (κ1) is 16.6. The molecule has 1 aliphatic rings. The largest absolute Gasteiger partial charge is 0.338 e. The molecule has 0 aromatic heterocycles. The molecule has 1 amide bonds. The lowest BCUT2D eigenvalue weighted by Gasteiger charge is -2.35. The van der Waals surface area contributed by atoms with Crippen LogP contribution in [0.15, 0.2) is 18.2 Å². The van der Waals surface area contributed by atoms with Crippen LogP contribution in [0.4, 0.5) is 0 Å². The van der Waals surface area contributed by atoms with E-state index < -0.39 is 0 Å². The van der Waals surface area contributed by atoms with E-state index in [1.54, 1.807) is 6.07 Å². The maximum atomic E-state index is 12.3. The van der Waals surface area contributed by atoms with Crippen LogP contribution in [0.3, 0.4) is 0 Å². The number of carbonyl (C=O) groups is 1. The van der Waals surface area contributed by atoms with Crippen molar-refractivity contribution in [2.45, 2.75) is 44.6 Å². The molecule has 0 bridgehead atoms. The summed E-state index contributed by atoms with van der Waals surface area (Å²) in [5.41, 5.74) is 6.88. The zero-order valence-electron chi connectivity index (χ0n) is 12.2. The molecule has 3 nitrogen and oxygen atoms in total. The number of nitrogens with two attached hydrogens (primary N) is 1. The predicted octanol–water partition coefficient (Wildman–Crippen LogP) is 3.66. The number of carbonyl (C=O) groups excluding carboxylic acids is 1. The molecule has 21 heavy (non-hydrogen) atoms. The Morgan fingerprint density at radius 1 is 1.29 bits per heavy atom. The quantitative estimate of drug-likeness (QED) is 0.896. The lowest BCUT2D eigenvalue weighted by molar-refractivity contribution is -0.134. The van der Waals surface area contributed by atoms with Gasteiger partial charge in [-0.2, -0.15) is 0 Å². The van der Waals surface area contributed by atoms with E-state index in [0.717, 1.165) is 37.8 Å². The van der Waals surface area contributed by atoms with Gasteiger partial charge in [0.15, 0.2) is 0 Å². The van der Waals surface area contributed by atoms with Gasteiger partial charge in [-0.3, -0.25) is 4.79 Å². The zero-order valence-corrected chi connectivity index (χ0v) is 13.7.